The lowest BCUT2D eigenvalue weighted by atomic mass is 10.0. The highest BCUT2D eigenvalue weighted by Gasteiger charge is 2.15. The monoisotopic (exact) mass is 405 g/mol. The van der Waals surface area contributed by atoms with Crippen molar-refractivity contribution >= 4 is 27.8 Å². The highest BCUT2D eigenvalue weighted by molar-refractivity contribution is 9.10. The zero-order valence-electron chi connectivity index (χ0n) is 14.1. The number of methoxy groups -OCH3 is 1. The van der Waals surface area contributed by atoms with Crippen LogP contribution in [0.25, 0.3) is 0 Å². The molecule has 0 bridgehead atoms. The molecule has 25 heavy (non-hydrogen) atoms. The number of amides is 1. The van der Waals surface area contributed by atoms with E-state index < -0.39 is 5.97 Å². The summed E-state index contributed by atoms with van der Waals surface area (Å²) in [5.41, 5.74) is 1.37. The number of rotatable bonds is 7. The average molecular weight is 406 g/mol. The maximum Gasteiger partial charge on any atom is 0.338 e. The number of nitrogens with one attached hydrogen (secondary N) is 1. The van der Waals surface area contributed by atoms with Crippen molar-refractivity contribution in [1.82, 2.24) is 5.32 Å². The van der Waals surface area contributed by atoms with Gasteiger partial charge in [0, 0.05) is 4.47 Å². The van der Waals surface area contributed by atoms with Gasteiger partial charge in [0.15, 0.2) is 6.61 Å². The van der Waals surface area contributed by atoms with E-state index in [2.05, 4.69) is 21.2 Å². The highest BCUT2D eigenvalue weighted by Crippen LogP contribution is 2.19. The molecule has 0 aliphatic rings. The summed E-state index contributed by atoms with van der Waals surface area (Å²) < 4.78 is 11.1. The molecule has 1 N–H and O–H groups in total. The number of benzene rings is 2. The molecule has 0 aliphatic heterocycles. The van der Waals surface area contributed by atoms with Gasteiger partial charge in [-0.3, -0.25) is 4.79 Å². The van der Waals surface area contributed by atoms with Gasteiger partial charge in [-0.05, 0) is 48.4 Å². The lowest BCUT2D eigenvalue weighted by molar-refractivity contribution is -0.125. The molecule has 0 saturated carbocycles. The number of esters is 1. The molecule has 5 nitrogen and oxygen atoms in total. The molecule has 0 aliphatic carbocycles. The van der Waals surface area contributed by atoms with Gasteiger partial charge in [-0.1, -0.05) is 35.0 Å². The van der Waals surface area contributed by atoms with Crippen molar-refractivity contribution in [3.8, 4) is 5.75 Å². The van der Waals surface area contributed by atoms with Gasteiger partial charge in [-0.2, -0.15) is 0 Å². The summed E-state index contributed by atoms with van der Waals surface area (Å²) in [6, 6.07) is 14.1. The first-order valence-corrected chi connectivity index (χ1v) is 8.68. The number of hydrogen-bond acceptors (Lipinski definition) is 4. The van der Waals surface area contributed by atoms with E-state index in [4.69, 9.17) is 9.47 Å². The number of hydrogen-bond donors (Lipinski definition) is 1. The molecule has 1 amide bonds. The first-order chi connectivity index (χ1) is 12.0. The SMILES string of the molecule is CC[C@H](NC(=O)COC(=O)c1ccc(OC)cc1)c1ccc(Br)cc1. The van der Waals surface area contributed by atoms with Gasteiger partial charge in [-0.15, -0.1) is 0 Å². The molecule has 1 atom stereocenters. The molecule has 0 radical (unpaired) electrons. The Morgan fingerprint density at radius 2 is 1.72 bits per heavy atom. The van der Waals surface area contributed by atoms with Gasteiger partial charge in [-0.25, -0.2) is 4.79 Å². The van der Waals surface area contributed by atoms with Gasteiger partial charge in [0.2, 0.25) is 0 Å². The Morgan fingerprint density at radius 1 is 1.08 bits per heavy atom. The van der Waals surface area contributed by atoms with Crippen molar-refractivity contribution in [3.63, 3.8) is 0 Å². The predicted octanol–water partition coefficient (Wildman–Crippen LogP) is 3.88. The van der Waals surface area contributed by atoms with Crippen LogP contribution in [-0.4, -0.2) is 25.6 Å². The van der Waals surface area contributed by atoms with Crippen LogP contribution in [0.3, 0.4) is 0 Å². The van der Waals surface area contributed by atoms with Crippen LogP contribution in [0.15, 0.2) is 53.0 Å². The average Bonchev–Trinajstić information content (AvgIpc) is 2.65. The van der Waals surface area contributed by atoms with Crippen LogP contribution in [0, 0.1) is 0 Å². The maximum absolute atomic E-state index is 12.1. The fraction of sp³-hybridized carbons (Fsp3) is 0.263. The minimum atomic E-state index is -0.547. The van der Waals surface area contributed by atoms with E-state index in [1.54, 1.807) is 31.4 Å². The Hall–Kier alpha value is -2.34. The van der Waals surface area contributed by atoms with Crippen molar-refractivity contribution in [2.45, 2.75) is 19.4 Å². The van der Waals surface area contributed by atoms with Crippen LogP contribution >= 0.6 is 15.9 Å². The molecular weight excluding hydrogens is 386 g/mol. The predicted molar refractivity (Wildman–Crippen MR) is 98.6 cm³/mol. The third kappa shape index (κ3) is 5.60. The molecule has 0 spiro atoms. The van der Waals surface area contributed by atoms with E-state index in [9.17, 15) is 9.59 Å². The lowest BCUT2D eigenvalue weighted by Gasteiger charge is -2.17. The molecular formula is C19H20BrNO4. The standard InChI is InChI=1S/C19H20BrNO4/c1-3-17(13-4-8-15(20)9-5-13)21-18(22)12-25-19(23)14-6-10-16(24-2)11-7-14/h4-11,17H,3,12H2,1-2H3,(H,21,22)/t17-/m0/s1. The molecule has 6 heteroatoms. The van der Waals surface area contributed by atoms with E-state index in [1.165, 1.54) is 0 Å². The zero-order valence-corrected chi connectivity index (χ0v) is 15.7. The van der Waals surface area contributed by atoms with Gasteiger partial charge in [0.05, 0.1) is 18.7 Å². The van der Waals surface area contributed by atoms with Crippen LogP contribution < -0.4 is 10.1 Å². The Bertz CT molecular complexity index is 713. The van der Waals surface area contributed by atoms with Crippen molar-refractivity contribution < 1.29 is 19.1 Å². The smallest absolute Gasteiger partial charge is 0.338 e. The molecule has 0 saturated heterocycles. The summed E-state index contributed by atoms with van der Waals surface area (Å²) in [5.74, 6) is -0.235. The third-order valence-corrected chi connectivity index (χ3v) is 4.20. The van der Waals surface area contributed by atoms with E-state index in [-0.39, 0.29) is 18.6 Å². The Morgan fingerprint density at radius 3 is 2.28 bits per heavy atom. The molecule has 0 aromatic heterocycles. The fourth-order valence-electron chi connectivity index (χ4n) is 2.29. The zero-order chi connectivity index (χ0) is 18.2. The summed E-state index contributed by atoms with van der Waals surface area (Å²) in [6.07, 6.45) is 0.736. The topological polar surface area (TPSA) is 64.6 Å². The van der Waals surface area contributed by atoms with E-state index in [0.29, 0.717) is 11.3 Å². The minimum Gasteiger partial charge on any atom is -0.497 e. The Balaban J connectivity index is 1.88. The van der Waals surface area contributed by atoms with Gasteiger partial charge >= 0.3 is 5.97 Å². The molecule has 0 heterocycles. The summed E-state index contributed by atoms with van der Waals surface area (Å²) in [6.45, 7) is 1.66. The highest BCUT2D eigenvalue weighted by atomic mass is 79.9. The maximum atomic E-state index is 12.1. The van der Waals surface area contributed by atoms with Crippen LogP contribution in [-0.2, 0) is 9.53 Å². The molecule has 0 fully saturated rings. The summed E-state index contributed by atoms with van der Waals surface area (Å²) >= 11 is 3.39. The Labute approximate surface area is 155 Å². The second kappa shape index (κ2) is 9.22. The number of carbonyl (C=O) groups excluding carboxylic acids is 2. The van der Waals surface area contributed by atoms with Crippen molar-refractivity contribution in [3.05, 3.63) is 64.1 Å². The number of ether oxygens (including phenoxy) is 2. The van der Waals surface area contributed by atoms with E-state index in [0.717, 1.165) is 16.5 Å². The minimum absolute atomic E-state index is 0.125. The quantitative estimate of drug-likeness (QED) is 0.709. The second-order valence-electron chi connectivity index (χ2n) is 5.38. The van der Waals surface area contributed by atoms with Gasteiger partial charge in [0.1, 0.15) is 5.75 Å². The van der Waals surface area contributed by atoms with Crippen molar-refractivity contribution in [1.29, 1.82) is 0 Å². The summed E-state index contributed by atoms with van der Waals surface area (Å²) in [7, 11) is 1.55. The van der Waals surface area contributed by atoms with Crippen molar-refractivity contribution in [2.75, 3.05) is 13.7 Å². The molecule has 0 unspecified atom stereocenters. The van der Waals surface area contributed by atoms with Crippen LogP contribution in [0.1, 0.15) is 35.3 Å². The largest absolute Gasteiger partial charge is 0.497 e. The van der Waals surface area contributed by atoms with Crippen LogP contribution in [0.4, 0.5) is 0 Å². The Kier molecular flexibility index (Phi) is 7.01. The lowest BCUT2D eigenvalue weighted by Crippen LogP contribution is -2.32. The van der Waals surface area contributed by atoms with Gasteiger partial charge < -0.3 is 14.8 Å². The first-order valence-electron chi connectivity index (χ1n) is 7.89. The van der Waals surface area contributed by atoms with Crippen LogP contribution in [0.2, 0.25) is 0 Å². The number of halogens is 1. The summed E-state index contributed by atoms with van der Waals surface area (Å²) in [4.78, 5) is 24.0. The number of carbonyl (C=O) groups is 2. The van der Waals surface area contributed by atoms with E-state index >= 15 is 0 Å². The van der Waals surface area contributed by atoms with Gasteiger partial charge in [0.25, 0.3) is 5.91 Å². The first kappa shape index (κ1) is 19.0. The molecule has 132 valence electrons. The molecule has 2 aromatic carbocycles. The van der Waals surface area contributed by atoms with Crippen molar-refractivity contribution in [2.24, 2.45) is 0 Å². The summed E-state index contributed by atoms with van der Waals surface area (Å²) in [5, 5.41) is 2.88. The molecule has 2 aromatic rings. The van der Waals surface area contributed by atoms with Crippen LogP contribution in [0.5, 0.6) is 5.75 Å². The fourth-order valence-corrected chi connectivity index (χ4v) is 2.56. The molecule has 2 rings (SSSR count). The van der Waals surface area contributed by atoms with E-state index in [1.807, 2.05) is 31.2 Å². The third-order valence-electron chi connectivity index (χ3n) is 3.68. The normalized spacial score (nSPS) is 11.5. The second-order valence-corrected chi connectivity index (χ2v) is 6.30.